The van der Waals surface area contributed by atoms with Gasteiger partial charge in [0.15, 0.2) is 5.43 Å². The average Bonchev–Trinajstić information content (AvgIpc) is 3.84. The van der Waals surface area contributed by atoms with Gasteiger partial charge in [-0.1, -0.05) is 11.6 Å². The molecule has 1 amide bonds. The number of fused-ring (bicyclic) bond motifs is 2. The minimum absolute atomic E-state index is 0.0376. The number of rotatable bonds is 6. The minimum Gasteiger partial charge on any atom is -0.477 e. The number of carbonyl (C=O) groups excluding carboxylic acids is 1. The number of hydrogen-bond donors (Lipinski definition) is 4. The van der Waals surface area contributed by atoms with E-state index in [0.29, 0.717) is 24.0 Å². The fourth-order valence-electron chi connectivity index (χ4n) is 5.32. The van der Waals surface area contributed by atoms with E-state index in [1.807, 2.05) is 0 Å². The molecule has 2 aromatic carbocycles. The van der Waals surface area contributed by atoms with Crippen molar-refractivity contribution in [2.24, 2.45) is 0 Å². The van der Waals surface area contributed by atoms with Crippen LogP contribution in [0.15, 0.2) is 41.2 Å². The highest BCUT2D eigenvalue weighted by Crippen LogP contribution is 2.46. The Kier molecular flexibility index (Phi) is 8.02. The van der Waals surface area contributed by atoms with E-state index < -0.39 is 57.6 Å². The topological polar surface area (TPSA) is 132 Å². The van der Waals surface area contributed by atoms with Crippen LogP contribution in [0.3, 0.4) is 0 Å². The Labute approximate surface area is 266 Å². The summed E-state index contributed by atoms with van der Waals surface area (Å²) in [6.07, 6.45) is -4.78. The van der Waals surface area contributed by atoms with Gasteiger partial charge in [-0.05, 0) is 91.8 Å². The van der Waals surface area contributed by atoms with Crippen molar-refractivity contribution in [1.82, 2.24) is 15.3 Å². The molecule has 3 fully saturated rings. The van der Waals surface area contributed by atoms with Gasteiger partial charge in [0, 0.05) is 23.4 Å². The van der Waals surface area contributed by atoms with Crippen LogP contribution in [0.4, 0.5) is 26.3 Å². The van der Waals surface area contributed by atoms with Gasteiger partial charge in [-0.3, -0.25) is 9.59 Å². The van der Waals surface area contributed by atoms with Crippen molar-refractivity contribution in [3.05, 3.63) is 85.3 Å². The number of carboxylic acids is 1. The Balaban J connectivity index is 0.000000168. The van der Waals surface area contributed by atoms with Crippen molar-refractivity contribution in [3.63, 3.8) is 0 Å². The van der Waals surface area contributed by atoms with Crippen LogP contribution in [-0.4, -0.2) is 44.2 Å². The van der Waals surface area contributed by atoms with Crippen LogP contribution in [0.2, 0.25) is 5.02 Å². The number of halogens is 7. The molecule has 3 saturated carbocycles. The van der Waals surface area contributed by atoms with Crippen LogP contribution in [0, 0.1) is 0 Å². The fourth-order valence-corrected chi connectivity index (χ4v) is 5.56. The second kappa shape index (κ2) is 11.5. The molecule has 4 aromatic rings. The average molecular weight is 682 g/mol. The standard InChI is InChI=1S/C18H16ClF3N2O2.C14H10F3NO3/c19-13-7-14(16(25)23-8-17(26)3-4-17)24-15-11(13)5-10(9-1-2-9)6-12(15)18(20,21)22;15-14(16,17)9-4-7(6-1-2-6)3-8-11(19)5-10(13(20)21)18-12(8)9/h5-7,9,26H,1-4,8H2,(H,23,25);3-6H,1-2H2,(H,18,19)(H,20,21). The predicted octanol–water partition coefficient (Wildman–Crippen LogP) is 7.16. The van der Waals surface area contributed by atoms with Crippen LogP contribution >= 0.6 is 11.6 Å². The molecule has 0 unspecified atom stereocenters. The lowest BCUT2D eigenvalue weighted by atomic mass is 10.0. The second-order valence-electron chi connectivity index (χ2n) is 12.2. The summed E-state index contributed by atoms with van der Waals surface area (Å²) in [5.74, 6) is -1.96. The van der Waals surface area contributed by atoms with Gasteiger partial charge in [0.1, 0.15) is 11.4 Å². The molecule has 0 aliphatic heterocycles. The quantitative estimate of drug-likeness (QED) is 0.160. The monoisotopic (exact) mass is 681 g/mol. The van der Waals surface area contributed by atoms with Crippen molar-refractivity contribution in [3.8, 4) is 0 Å². The first-order valence-electron chi connectivity index (χ1n) is 14.7. The van der Waals surface area contributed by atoms with E-state index >= 15 is 0 Å². The molecule has 7 rings (SSSR count). The summed E-state index contributed by atoms with van der Waals surface area (Å²) in [5.41, 5.74) is -4.00. The van der Waals surface area contributed by atoms with E-state index in [4.69, 9.17) is 16.7 Å². The van der Waals surface area contributed by atoms with Crippen LogP contribution in [0.5, 0.6) is 0 Å². The Morgan fingerprint density at radius 1 is 0.894 bits per heavy atom. The number of carboxylic acid groups (broad SMARTS) is 1. The zero-order chi connectivity index (χ0) is 34.1. The molecule has 0 bridgehead atoms. The largest absolute Gasteiger partial charge is 0.477 e. The number of carbonyl (C=O) groups is 2. The lowest BCUT2D eigenvalue weighted by Gasteiger charge is -2.15. The van der Waals surface area contributed by atoms with Gasteiger partial charge in [0.05, 0.1) is 32.8 Å². The summed E-state index contributed by atoms with van der Waals surface area (Å²) in [6.45, 7) is 0.0376. The molecule has 2 heterocycles. The fraction of sp³-hybridized carbons (Fsp3) is 0.375. The Bertz CT molecular complexity index is 2000. The van der Waals surface area contributed by atoms with Gasteiger partial charge in [-0.2, -0.15) is 26.3 Å². The first-order chi connectivity index (χ1) is 21.9. The molecule has 0 atom stereocenters. The summed E-state index contributed by atoms with van der Waals surface area (Å²) in [5, 5.41) is 21.3. The number of aromatic amines is 1. The number of H-pyrrole nitrogens is 1. The third-order valence-corrected chi connectivity index (χ3v) is 8.74. The second-order valence-corrected chi connectivity index (χ2v) is 12.7. The zero-order valence-electron chi connectivity index (χ0n) is 24.3. The first-order valence-corrected chi connectivity index (χ1v) is 15.0. The first kappa shape index (κ1) is 32.8. The smallest absolute Gasteiger partial charge is 0.418 e. The van der Waals surface area contributed by atoms with Crippen molar-refractivity contribution in [2.75, 3.05) is 6.54 Å². The highest BCUT2D eigenvalue weighted by molar-refractivity contribution is 6.35. The van der Waals surface area contributed by atoms with Crippen LogP contribution in [0.25, 0.3) is 21.8 Å². The summed E-state index contributed by atoms with van der Waals surface area (Å²) in [7, 11) is 0. The van der Waals surface area contributed by atoms with E-state index in [2.05, 4.69) is 15.3 Å². The Morgan fingerprint density at radius 2 is 1.45 bits per heavy atom. The number of nitrogens with zero attached hydrogens (tertiary/aromatic N) is 1. The molecule has 0 saturated heterocycles. The van der Waals surface area contributed by atoms with Gasteiger partial charge in [-0.25, -0.2) is 9.78 Å². The number of benzene rings is 2. The summed E-state index contributed by atoms with van der Waals surface area (Å²) >= 11 is 6.19. The maximum Gasteiger partial charge on any atom is 0.418 e. The highest BCUT2D eigenvalue weighted by Gasteiger charge is 2.41. The summed E-state index contributed by atoms with van der Waals surface area (Å²) in [4.78, 5) is 41.2. The van der Waals surface area contributed by atoms with E-state index in [1.54, 1.807) is 6.07 Å². The van der Waals surface area contributed by atoms with Gasteiger partial charge in [0.2, 0.25) is 0 Å². The SMILES string of the molecule is O=C(NCC1(O)CC1)c1cc(Cl)c2cc(C3CC3)cc(C(F)(F)F)c2n1.O=C(O)c1cc(=O)c2cc(C3CC3)cc(C(F)(F)F)c2[nH]1. The van der Waals surface area contributed by atoms with Crippen molar-refractivity contribution >= 4 is 45.3 Å². The molecular formula is C32H26ClF6N3O5. The minimum atomic E-state index is -4.66. The number of aromatic carboxylic acids is 1. The highest BCUT2D eigenvalue weighted by atomic mass is 35.5. The molecule has 3 aliphatic rings. The number of alkyl halides is 6. The maximum atomic E-state index is 13.5. The van der Waals surface area contributed by atoms with Crippen molar-refractivity contribution < 1.29 is 46.1 Å². The molecule has 0 spiro atoms. The Hall–Kier alpha value is -4.17. The molecule has 248 valence electrons. The van der Waals surface area contributed by atoms with Crippen molar-refractivity contribution in [2.45, 2.75) is 68.3 Å². The lowest BCUT2D eigenvalue weighted by Crippen LogP contribution is -2.33. The molecule has 3 aliphatic carbocycles. The Morgan fingerprint density at radius 3 is 1.96 bits per heavy atom. The van der Waals surface area contributed by atoms with E-state index in [-0.39, 0.29) is 45.4 Å². The van der Waals surface area contributed by atoms with Crippen LogP contribution < -0.4 is 10.7 Å². The number of amides is 1. The zero-order valence-corrected chi connectivity index (χ0v) is 25.0. The van der Waals surface area contributed by atoms with E-state index in [1.165, 1.54) is 12.1 Å². The number of aromatic nitrogens is 2. The lowest BCUT2D eigenvalue weighted by molar-refractivity contribution is -0.137. The van der Waals surface area contributed by atoms with E-state index in [0.717, 1.165) is 43.9 Å². The van der Waals surface area contributed by atoms with Crippen molar-refractivity contribution in [1.29, 1.82) is 0 Å². The molecule has 2 aromatic heterocycles. The normalized spacial score (nSPS) is 17.3. The number of aliphatic hydroxyl groups is 1. The number of pyridine rings is 2. The maximum absolute atomic E-state index is 13.5. The number of hydrogen-bond acceptors (Lipinski definition) is 5. The molecule has 4 N–H and O–H groups in total. The third-order valence-electron chi connectivity index (χ3n) is 8.42. The molecule has 47 heavy (non-hydrogen) atoms. The number of nitrogens with one attached hydrogen (secondary N) is 2. The summed E-state index contributed by atoms with van der Waals surface area (Å²) < 4.78 is 80.2. The van der Waals surface area contributed by atoms with Gasteiger partial charge in [0.25, 0.3) is 5.91 Å². The molecule has 15 heteroatoms. The summed E-state index contributed by atoms with van der Waals surface area (Å²) in [6, 6.07) is 7.24. The van der Waals surface area contributed by atoms with Crippen LogP contribution in [-0.2, 0) is 12.4 Å². The van der Waals surface area contributed by atoms with Gasteiger partial charge in [-0.15, -0.1) is 0 Å². The van der Waals surface area contributed by atoms with E-state index in [9.17, 15) is 45.8 Å². The predicted molar refractivity (Wildman–Crippen MR) is 159 cm³/mol. The van der Waals surface area contributed by atoms with Gasteiger partial charge < -0.3 is 20.5 Å². The molecule has 0 radical (unpaired) electrons. The molecule has 8 nitrogen and oxygen atoms in total. The van der Waals surface area contributed by atoms with Crippen LogP contribution in [0.1, 0.15) is 93.6 Å². The molecular weight excluding hydrogens is 656 g/mol. The van der Waals surface area contributed by atoms with Gasteiger partial charge >= 0.3 is 18.3 Å². The third kappa shape index (κ3) is 7.08.